The number of hydrogen-bond acceptors (Lipinski definition) is 4. The third kappa shape index (κ3) is 4.78. The quantitative estimate of drug-likeness (QED) is 0.589. The maximum absolute atomic E-state index is 13.0. The molecule has 0 radical (unpaired) electrons. The average Bonchev–Trinajstić information content (AvgIpc) is 3.24. The summed E-state index contributed by atoms with van der Waals surface area (Å²) in [4.78, 5) is 12.5. The summed E-state index contributed by atoms with van der Waals surface area (Å²) in [5.74, 6) is -1.00. The molecule has 31 heavy (non-hydrogen) atoms. The van der Waals surface area contributed by atoms with E-state index in [1.165, 1.54) is 0 Å². The molecule has 1 saturated carbocycles. The highest BCUT2D eigenvalue weighted by molar-refractivity contribution is 5.94. The number of benzene rings is 2. The second-order valence-corrected chi connectivity index (χ2v) is 7.88. The molecular weight excluding hydrogens is 407 g/mol. The first kappa shape index (κ1) is 21.1. The number of amides is 1. The lowest BCUT2D eigenvalue weighted by Crippen LogP contribution is -2.41. The van der Waals surface area contributed by atoms with Crippen LogP contribution in [-0.4, -0.2) is 28.3 Å². The maximum Gasteiger partial charge on any atom is 0.391 e. The third-order valence-corrected chi connectivity index (χ3v) is 5.67. The fourth-order valence-electron chi connectivity index (χ4n) is 3.91. The number of hydrogen-bond donors (Lipinski definition) is 1. The van der Waals surface area contributed by atoms with Crippen molar-refractivity contribution in [3.05, 3.63) is 59.7 Å². The smallest absolute Gasteiger partial charge is 0.391 e. The monoisotopic (exact) mass is 429 g/mol. The Hall–Kier alpha value is -3.16. The van der Waals surface area contributed by atoms with Gasteiger partial charge in [0.15, 0.2) is 0 Å². The molecule has 0 unspecified atom stereocenters. The van der Waals surface area contributed by atoms with Crippen LogP contribution in [0.2, 0.25) is 0 Å². The van der Waals surface area contributed by atoms with Crippen LogP contribution < -0.4 is 5.32 Å². The van der Waals surface area contributed by atoms with E-state index in [1.807, 2.05) is 31.2 Å². The Morgan fingerprint density at radius 2 is 1.74 bits per heavy atom. The number of nitrogens with one attached hydrogen (secondary N) is 1. The van der Waals surface area contributed by atoms with Crippen LogP contribution >= 0.6 is 0 Å². The maximum atomic E-state index is 13.0. The van der Waals surface area contributed by atoms with Crippen molar-refractivity contribution in [2.75, 3.05) is 0 Å². The van der Waals surface area contributed by atoms with Gasteiger partial charge in [-0.2, -0.15) is 13.2 Å². The minimum atomic E-state index is -4.22. The van der Waals surface area contributed by atoms with E-state index in [0.29, 0.717) is 35.7 Å². The molecule has 1 aliphatic rings. The van der Waals surface area contributed by atoms with E-state index >= 15 is 0 Å². The number of nitrogens with zero attached hydrogens (tertiary/aromatic N) is 2. The lowest BCUT2D eigenvalue weighted by molar-refractivity contribution is -0.183. The Labute approximate surface area is 177 Å². The molecule has 1 aliphatic carbocycles. The standard InChI is InChI=1S/C23H22F3N3O2/c1-14-5-2-3-8-19(14)22-29-28-21(31-22)16-11-9-15(10-12-16)20(30)27-18-7-4-6-17(13-18)23(24,25)26/h2-3,5,8-12,17-18H,4,6-7,13H2,1H3,(H,27,30)/t17-,18-/m0/s1. The zero-order chi connectivity index (χ0) is 22.0. The topological polar surface area (TPSA) is 68.0 Å². The van der Waals surface area contributed by atoms with Crippen LogP contribution in [0.3, 0.4) is 0 Å². The Kier molecular flexibility index (Phi) is 5.80. The Morgan fingerprint density at radius 3 is 2.45 bits per heavy atom. The largest absolute Gasteiger partial charge is 0.416 e. The minimum absolute atomic E-state index is 0.0724. The first-order valence-electron chi connectivity index (χ1n) is 10.2. The van der Waals surface area contributed by atoms with Gasteiger partial charge in [0.25, 0.3) is 5.91 Å². The summed E-state index contributed by atoms with van der Waals surface area (Å²) in [6, 6.07) is 13.8. The van der Waals surface area contributed by atoms with Gasteiger partial charge in [-0.1, -0.05) is 24.6 Å². The first-order chi connectivity index (χ1) is 14.8. The van der Waals surface area contributed by atoms with E-state index < -0.39 is 18.1 Å². The molecule has 1 fully saturated rings. The number of aryl methyl sites for hydroxylation is 1. The van der Waals surface area contributed by atoms with Crippen LogP contribution in [0.25, 0.3) is 22.9 Å². The van der Waals surface area contributed by atoms with Crippen LogP contribution in [0.4, 0.5) is 13.2 Å². The van der Waals surface area contributed by atoms with Crippen molar-refractivity contribution in [1.29, 1.82) is 0 Å². The summed E-state index contributed by atoms with van der Waals surface area (Å²) in [6.07, 6.45) is -3.16. The van der Waals surface area contributed by atoms with Crippen molar-refractivity contribution in [3.8, 4) is 22.9 Å². The summed E-state index contributed by atoms with van der Waals surface area (Å²) >= 11 is 0. The lowest BCUT2D eigenvalue weighted by Gasteiger charge is -2.31. The Bertz CT molecular complexity index is 1060. The van der Waals surface area contributed by atoms with Crippen molar-refractivity contribution in [3.63, 3.8) is 0 Å². The van der Waals surface area contributed by atoms with Crippen LogP contribution in [0.15, 0.2) is 52.9 Å². The van der Waals surface area contributed by atoms with Gasteiger partial charge in [0.05, 0.1) is 5.92 Å². The summed E-state index contributed by atoms with van der Waals surface area (Å²) in [5, 5.41) is 10.9. The molecule has 3 aromatic rings. The van der Waals surface area contributed by atoms with E-state index in [0.717, 1.165) is 11.1 Å². The highest BCUT2D eigenvalue weighted by Gasteiger charge is 2.42. The zero-order valence-electron chi connectivity index (χ0n) is 16.9. The van der Waals surface area contributed by atoms with Crippen molar-refractivity contribution < 1.29 is 22.4 Å². The highest BCUT2D eigenvalue weighted by atomic mass is 19.4. The molecule has 5 nitrogen and oxygen atoms in total. The van der Waals surface area contributed by atoms with E-state index in [2.05, 4.69) is 15.5 Å². The third-order valence-electron chi connectivity index (χ3n) is 5.67. The van der Waals surface area contributed by atoms with Crippen LogP contribution in [0.5, 0.6) is 0 Å². The molecular formula is C23H22F3N3O2. The Balaban J connectivity index is 1.43. The number of halogens is 3. The lowest BCUT2D eigenvalue weighted by atomic mass is 9.85. The van der Waals surface area contributed by atoms with E-state index in [9.17, 15) is 18.0 Å². The number of aromatic nitrogens is 2. The molecule has 2 aromatic carbocycles. The normalized spacial score (nSPS) is 19.2. The van der Waals surface area contributed by atoms with Gasteiger partial charge >= 0.3 is 6.18 Å². The number of rotatable bonds is 4. The van der Waals surface area contributed by atoms with Gasteiger partial charge < -0.3 is 9.73 Å². The van der Waals surface area contributed by atoms with Gasteiger partial charge in [-0.25, -0.2) is 0 Å². The summed E-state index contributed by atoms with van der Waals surface area (Å²) in [5.41, 5.74) is 2.89. The summed E-state index contributed by atoms with van der Waals surface area (Å²) < 4.78 is 44.7. The highest BCUT2D eigenvalue weighted by Crippen LogP contribution is 2.37. The summed E-state index contributed by atoms with van der Waals surface area (Å²) in [6.45, 7) is 1.95. The summed E-state index contributed by atoms with van der Waals surface area (Å²) in [7, 11) is 0. The molecule has 1 N–H and O–H groups in total. The van der Waals surface area contributed by atoms with Gasteiger partial charge in [0.1, 0.15) is 0 Å². The second kappa shape index (κ2) is 8.53. The van der Waals surface area contributed by atoms with Gasteiger partial charge in [0, 0.05) is 22.7 Å². The van der Waals surface area contributed by atoms with Crippen molar-refractivity contribution in [2.45, 2.75) is 44.8 Å². The number of carbonyl (C=O) groups excluding carboxylic acids is 1. The molecule has 0 spiro atoms. The first-order valence-corrected chi connectivity index (χ1v) is 10.2. The van der Waals surface area contributed by atoms with Gasteiger partial charge in [0.2, 0.25) is 11.8 Å². The molecule has 1 amide bonds. The fourth-order valence-corrected chi connectivity index (χ4v) is 3.91. The van der Waals surface area contributed by atoms with E-state index in [4.69, 9.17) is 4.42 Å². The van der Waals surface area contributed by atoms with Crippen LogP contribution in [0.1, 0.15) is 41.6 Å². The van der Waals surface area contributed by atoms with Crippen molar-refractivity contribution >= 4 is 5.91 Å². The molecule has 0 bridgehead atoms. The number of alkyl halides is 3. The van der Waals surface area contributed by atoms with Gasteiger partial charge in [-0.3, -0.25) is 4.79 Å². The predicted molar refractivity (Wildman–Crippen MR) is 109 cm³/mol. The molecule has 4 rings (SSSR count). The minimum Gasteiger partial charge on any atom is -0.416 e. The molecule has 2 atom stereocenters. The second-order valence-electron chi connectivity index (χ2n) is 7.88. The van der Waals surface area contributed by atoms with Gasteiger partial charge in [-0.05, 0) is 62.1 Å². The molecule has 1 aromatic heterocycles. The SMILES string of the molecule is Cc1ccccc1-c1nnc(-c2ccc(C(=O)N[C@H]3CCC[C@H](C(F)(F)F)C3)cc2)o1. The van der Waals surface area contributed by atoms with E-state index in [1.54, 1.807) is 24.3 Å². The molecule has 0 saturated heterocycles. The zero-order valence-corrected chi connectivity index (χ0v) is 16.9. The van der Waals surface area contributed by atoms with E-state index in [-0.39, 0.29) is 18.7 Å². The van der Waals surface area contributed by atoms with Crippen LogP contribution in [0, 0.1) is 12.8 Å². The molecule has 8 heteroatoms. The molecule has 0 aliphatic heterocycles. The van der Waals surface area contributed by atoms with Crippen molar-refractivity contribution in [2.24, 2.45) is 5.92 Å². The van der Waals surface area contributed by atoms with Crippen LogP contribution in [-0.2, 0) is 0 Å². The molecule has 162 valence electrons. The fraction of sp³-hybridized carbons (Fsp3) is 0.348. The number of carbonyl (C=O) groups is 1. The predicted octanol–water partition coefficient (Wildman–Crippen LogP) is 5.56. The van der Waals surface area contributed by atoms with Crippen molar-refractivity contribution in [1.82, 2.24) is 15.5 Å². The molecule has 1 heterocycles. The van der Waals surface area contributed by atoms with Gasteiger partial charge in [-0.15, -0.1) is 10.2 Å². The average molecular weight is 429 g/mol. The Morgan fingerprint density at radius 1 is 1.03 bits per heavy atom.